The Bertz CT molecular complexity index is 813. The van der Waals surface area contributed by atoms with Gasteiger partial charge in [-0.1, -0.05) is 26.2 Å². The quantitative estimate of drug-likeness (QED) is 0.345. The average molecular weight is 409 g/mol. The Hall–Kier alpha value is -2.45. The van der Waals surface area contributed by atoms with E-state index in [1.807, 2.05) is 0 Å². The minimum Gasteiger partial charge on any atom is -0.497 e. The number of halogens is 1. The molecule has 0 bridgehead atoms. The van der Waals surface area contributed by atoms with Crippen LogP contribution in [0.15, 0.2) is 42.5 Å². The van der Waals surface area contributed by atoms with E-state index in [0.717, 1.165) is 42.1 Å². The summed E-state index contributed by atoms with van der Waals surface area (Å²) in [7, 11) is 1.50. The predicted octanol–water partition coefficient (Wildman–Crippen LogP) is 4.85. The standard InChI is InChI=1S/C20H24FNO5S/c1-3-4-5-6-13-27-20(23)18-12-7-15(21)14-19(18)22(28(24)25)16-8-10-17(26-2)11-9-16/h7-12,14H,3-6,13H2,1-2H3,(H,24,25). The summed E-state index contributed by atoms with van der Waals surface area (Å²) in [5.41, 5.74) is 0.254. The molecule has 2 aromatic carbocycles. The Labute approximate surface area is 166 Å². The summed E-state index contributed by atoms with van der Waals surface area (Å²) in [4.78, 5) is 12.5. The lowest BCUT2D eigenvalue weighted by Crippen LogP contribution is -2.22. The van der Waals surface area contributed by atoms with Gasteiger partial charge in [0.25, 0.3) is 11.3 Å². The molecule has 2 rings (SSSR count). The summed E-state index contributed by atoms with van der Waals surface area (Å²) in [5.74, 6) is -0.757. The number of hydrogen-bond acceptors (Lipinski definition) is 4. The molecule has 0 heterocycles. The molecule has 0 aromatic heterocycles. The van der Waals surface area contributed by atoms with Gasteiger partial charge in [-0.3, -0.25) is 4.55 Å². The summed E-state index contributed by atoms with van der Waals surface area (Å²) < 4.78 is 47.0. The molecule has 6 nitrogen and oxygen atoms in total. The molecule has 0 amide bonds. The van der Waals surface area contributed by atoms with E-state index in [1.165, 1.54) is 25.3 Å². The SMILES string of the molecule is CCCCCCOC(=O)c1ccc(F)cc1N(c1ccc(OC)cc1)S(=O)O. The number of hydrogen-bond donors (Lipinski definition) is 1. The molecular formula is C20H24FNO5S. The second-order valence-corrected chi connectivity index (χ2v) is 6.91. The van der Waals surface area contributed by atoms with Gasteiger partial charge in [0.05, 0.1) is 30.7 Å². The van der Waals surface area contributed by atoms with Crippen molar-refractivity contribution in [3.05, 3.63) is 53.8 Å². The molecule has 0 radical (unpaired) electrons. The highest BCUT2D eigenvalue weighted by Gasteiger charge is 2.23. The van der Waals surface area contributed by atoms with Crippen molar-refractivity contribution < 1.29 is 27.4 Å². The zero-order valence-corrected chi connectivity index (χ0v) is 16.7. The van der Waals surface area contributed by atoms with Crippen LogP contribution in [-0.2, 0) is 16.0 Å². The van der Waals surface area contributed by atoms with Gasteiger partial charge in [0, 0.05) is 0 Å². The highest BCUT2D eigenvalue weighted by Crippen LogP contribution is 2.32. The molecule has 0 aliphatic heterocycles. The van der Waals surface area contributed by atoms with E-state index in [1.54, 1.807) is 12.1 Å². The molecule has 0 spiro atoms. The minimum absolute atomic E-state index is 0.00936. The Balaban J connectivity index is 2.31. The van der Waals surface area contributed by atoms with Gasteiger partial charge in [-0.2, -0.15) is 0 Å². The van der Waals surface area contributed by atoms with Crippen LogP contribution in [0.2, 0.25) is 0 Å². The van der Waals surface area contributed by atoms with Gasteiger partial charge in [-0.25, -0.2) is 17.7 Å². The van der Waals surface area contributed by atoms with Crippen molar-refractivity contribution in [2.45, 2.75) is 32.6 Å². The molecule has 8 heteroatoms. The van der Waals surface area contributed by atoms with Crippen molar-refractivity contribution in [1.29, 1.82) is 0 Å². The van der Waals surface area contributed by atoms with Gasteiger partial charge in [0.2, 0.25) is 0 Å². The third-order valence-corrected chi connectivity index (χ3v) is 4.81. The first-order valence-corrected chi connectivity index (χ1v) is 10.1. The van der Waals surface area contributed by atoms with Crippen molar-refractivity contribution in [2.24, 2.45) is 0 Å². The Morgan fingerprint density at radius 3 is 2.46 bits per heavy atom. The largest absolute Gasteiger partial charge is 0.497 e. The van der Waals surface area contributed by atoms with Crippen LogP contribution in [0.4, 0.5) is 15.8 Å². The summed E-state index contributed by atoms with van der Waals surface area (Å²) in [6, 6.07) is 9.67. The molecule has 0 aliphatic carbocycles. The number of carbonyl (C=O) groups is 1. The van der Waals surface area contributed by atoms with Crippen LogP contribution in [-0.4, -0.2) is 28.4 Å². The zero-order valence-electron chi connectivity index (χ0n) is 15.9. The third kappa shape index (κ3) is 5.77. The van der Waals surface area contributed by atoms with Gasteiger partial charge in [0.15, 0.2) is 0 Å². The molecular weight excluding hydrogens is 385 g/mol. The van der Waals surface area contributed by atoms with E-state index in [0.29, 0.717) is 11.4 Å². The summed E-state index contributed by atoms with van der Waals surface area (Å²) >= 11 is -2.54. The molecule has 0 saturated heterocycles. The maximum Gasteiger partial charge on any atom is 0.340 e. The first-order chi connectivity index (χ1) is 13.5. The number of unbranched alkanes of at least 4 members (excludes halogenated alkanes) is 3. The van der Waals surface area contributed by atoms with Crippen LogP contribution in [0.25, 0.3) is 0 Å². The first-order valence-electron chi connectivity index (χ1n) is 8.99. The normalized spacial score (nSPS) is 11.7. The highest BCUT2D eigenvalue weighted by atomic mass is 32.2. The van der Waals surface area contributed by atoms with Crippen LogP contribution >= 0.6 is 0 Å². The van der Waals surface area contributed by atoms with Crippen LogP contribution in [0, 0.1) is 5.82 Å². The maximum atomic E-state index is 13.9. The lowest BCUT2D eigenvalue weighted by Gasteiger charge is -2.22. The van der Waals surface area contributed by atoms with Crippen molar-refractivity contribution in [2.75, 3.05) is 18.0 Å². The van der Waals surface area contributed by atoms with Gasteiger partial charge < -0.3 is 9.47 Å². The fourth-order valence-electron chi connectivity index (χ4n) is 2.65. The maximum absolute atomic E-state index is 13.9. The predicted molar refractivity (Wildman–Crippen MR) is 107 cm³/mol. The van der Waals surface area contributed by atoms with E-state index in [4.69, 9.17) is 9.47 Å². The van der Waals surface area contributed by atoms with E-state index in [2.05, 4.69) is 6.92 Å². The van der Waals surface area contributed by atoms with Gasteiger partial charge in [-0.05, 0) is 48.9 Å². The summed E-state index contributed by atoms with van der Waals surface area (Å²) in [6.07, 6.45) is 3.78. The molecule has 1 N–H and O–H groups in total. The first kappa shape index (κ1) is 21.8. The number of nitrogens with zero attached hydrogens (tertiary/aromatic N) is 1. The topological polar surface area (TPSA) is 76.1 Å². The van der Waals surface area contributed by atoms with Crippen LogP contribution < -0.4 is 9.04 Å². The molecule has 0 aliphatic rings. The van der Waals surface area contributed by atoms with E-state index in [9.17, 15) is 17.9 Å². The molecule has 1 atom stereocenters. The number of carbonyl (C=O) groups excluding carboxylic acids is 1. The lowest BCUT2D eigenvalue weighted by molar-refractivity contribution is 0.0499. The minimum atomic E-state index is -2.54. The highest BCUT2D eigenvalue weighted by molar-refractivity contribution is 7.81. The smallest absolute Gasteiger partial charge is 0.340 e. The zero-order chi connectivity index (χ0) is 20.5. The van der Waals surface area contributed by atoms with Gasteiger partial charge in [-0.15, -0.1) is 0 Å². The Kier molecular flexibility index (Phi) is 8.41. The number of rotatable bonds is 10. The summed E-state index contributed by atoms with van der Waals surface area (Å²) in [6.45, 7) is 2.32. The number of anilines is 2. The second kappa shape index (κ2) is 10.8. The average Bonchev–Trinajstić information content (AvgIpc) is 2.68. The van der Waals surface area contributed by atoms with Gasteiger partial charge >= 0.3 is 5.97 Å². The van der Waals surface area contributed by atoms with E-state index in [-0.39, 0.29) is 17.9 Å². The molecule has 2 aromatic rings. The third-order valence-electron chi connectivity index (χ3n) is 4.09. The van der Waals surface area contributed by atoms with E-state index >= 15 is 0 Å². The second-order valence-electron chi connectivity index (χ2n) is 6.08. The van der Waals surface area contributed by atoms with Crippen LogP contribution in [0.1, 0.15) is 43.0 Å². The monoisotopic (exact) mass is 409 g/mol. The Morgan fingerprint density at radius 2 is 1.86 bits per heavy atom. The molecule has 1 unspecified atom stereocenters. The number of methoxy groups -OCH3 is 1. The van der Waals surface area contributed by atoms with Crippen molar-refractivity contribution in [1.82, 2.24) is 0 Å². The Morgan fingerprint density at radius 1 is 1.14 bits per heavy atom. The molecule has 0 fully saturated rings. The molecule has 0 saturated carbocycles. The van der Waals surface area contributed by atoms with Crippen molar-refractivity contribution >= 4 is 28.6 Å². The number of esters is 1. The fraction of sp³-hybridized carbons (Fsp3) is 0.350. The van der Waals surface area contributed by atoms with Gasteiger partial charge in [0.1, 0.15) is 11.6 Å². The van der Waals surface area contributed by atoms with Crippen molar-refractivity contribution in [3.63, 3.8) is 0 Å². The van der Waals surface area contributed by atoms with E-state index < -0.39 is 23.1 Å². The molecule has 152 valence electrons. The van der Waals surface area contributed by atoms with Crippen molar-refractivity contribution in [3.8, 4) is 5.75 Å². The number of benzene rings is 2. The van der Waals surface area contributed by atoms with Crippen LogP contribution in [0.5, 0.6) is 5.75 Å². The number of ether oxygens (including phenoxy) is 2. The van der Waals surface area contributed by atoms with Crippen LogP contribution in [0.3, 0.4) is 0 Å². The molecule has 28 heavy (non-hydrogen) atoms. The summed E-state index contributed by atoms with van der Waals surface area (Å²) in [5, 5.41) is 0. The lowest BCUT2D eigenvalue weighted by atomic mass is 10.1. The fourth-order valence-corrected chi connectivity index (χ4v) is 3.27.